The van der Waals surface area contributed by atoms with E-state index in [-0.39, 0.29) is 29.7 Å². The summed E-state index contributed by atoms with van der Waals surface area (Å²) >= 11 is 0. The Morgan fingerprint density at radius 3 is 2.55 bits per heavy atom. The molecule has 1 aliphatic rings. The van der Waals surface area contributed by atoms with Crippen LogP contribution in [-0.2, 0) is 20.7 Å². The van der Waals surface area contributed by atoms with Crippen molar-refractivity contribution in [1.29, 1.82) is 0 Å². The molecular formula is C24H37FN2O4. The quantitative estimate of drug-likeness (QED) is 0.543. The van der Waals surface area contributed by atoms with Gasteiger partial charge in [-0.1, -0.05) is 19.9 Å². The van der Waals surface area contributed by atoms with Gasteiger partial charge in [0.15, 0.2) is 0 Å². The van der Waals surface area contributed by atoms with E-state index in [4.69, 9.17) is 9.47 Å². The van der Waals surface area contributed by atoms with E-state index in [1.165, 1.54) is 18.1 Å². The minimum absolute atomic E-state index is 0.0239. The molecule has 31 heavy (non-hydrogen) atoms. The van der Waals surface area contributed by atoms with Gasteiger partial charge in [-0.2, -0.15) is 0 Å². The molecule has 0 saturated carbocycles. The zero-order valence-corrected chi connectivity index (χ0v) is 19.7. The maximum absolute atomic E-state index is 13.9. The van der Waals surface area contributed by atoms with E-state index in [0.29, 0.717) is 32.1 Å². The van der Waals surface area contributed by atoms with Crippen LogP contribution in [-0.4, -0.2) is 68.8 Å². The molecule has 0 spiro atoms. The van der Waals surface area contributed by atoms with Gasteiger partial charge >= 0.3 is 12.1 Å². The summed E-state index contributed by atoms with van der Waals surface area (Å²) in [5.74, 6) is -0.251. The number of carbonyl (C=O) groups excluding carboxylic acids is 2. The number of methoxy groups -OCH3 is 1. The third-order valence-electron chi connectivity index (χ3n) is 6.21. The molecule has 0 unspecified atom stereocenters. The molecule has 1 aliphatic carbocycles. The van der Waals surface area contributed by atoms with Crippen LogP contribution in [0.3, 0.4) is 0 Å². The first-order valence-corrected chi connectivity index (χ1v) is 11.0. The number of nitrogens with zero attached hydrogens (tertiary/aromatic N) is 2. The van der Waals surface area contributed by atoms with Gasteiger partial charge in [-0.05, 0) is 62.0 Å². The van der Waals surface area contributed by atoms with E-state index in [1.807, 2.05) is 13.1 Å². The Morgan fingerprint density at radius 2 is 1.94 bits per heavy atom. The van der Waals surface area contributed by atoms with Crippen molar-refractivity contribution in [2.45, 2.75) is 57.5 Å². The molecule has 1 aromatic carbocycles. The lowest BCUT2D eigenvalue weighted by Gasteiger charge is -2.47. The highest BCUT2D eigenvalue weighted by molar-refractivity contribution is 5.69. The van der Waals surface area contributed by atoms with E-state index >= 15 is 0 Å². The molecular weight excluding hydrogens is 399 g/mol. The number of hydrogen-bond donors (Lipinski definition) is 0. The maximum Gasteiger partial charge on any atom is 0.409 e. The van der Waals surface area contributed by atoms with Crippen molar-refractivity contribution in [2.24, 2.45) is 5.92 Å². The summed E-state index contributed by atoms with van der Waals surface area (Å²) in [6.45, 7) is 5.73. The Balaban J connectivity index is 2.25. The number of amides is 1. The van der Waals surface area contributed by atoms with Crippen LogP contribution in [0, 0.1) is 11.7 Å². The highest BCUT2D eigenvalue weighted by Crippen LogP contribution is 2.48. The Kier molecular flexibility index (Phi) is 8.86. The van der Waals surface area contributed by atoms with Crippen molar-refractivity contribution in [3.8, 4) is 0 Å². The summed E-state index contributed by atoms with van der Waals surface area (Å²) in [5.41, 5.74) is 1.40. The second-order valence-electron chi connectivity index (χ2n) is 9.12. The monoisotopic (exact) mass is 436 g/mol. The lowest BCUT2D eigenvalue weighted by Crippen LogP contribution is -2.50. The number of carbonyl (C=O) groups is 2. The molecule has 0 heterocycles. The first-order valence-electron chi connectivity index (χ1n) is 11.0. The third-order valence-corrected chi connectivity index (χ3v) is 6.21. The van der Waals surface area contributed by atoms with Gasteiger partial charge in [0.05, 0.1) is 7.11 Å². The van der Waals surface area contributed by atoms with Crippen molar-refractivity contribution < 1.29 is 23.5 Å². The number of aryl methyl sites for hydroxylation is 1. The lowest BCUT2D eigenvalue weighted by molar-refractivity contribution is -0.140. The highest BCUT2D eigenvalue weighted by atomic mass is 19.1. The first-order chi connectivity index (χ1) is 14.6. The molecule has 0 saturated heterocycles. The Labute approximate surface area is 185 Å². The predicted molar refractivity (Wildman–Crippen MR) is 119 cm³/mol. The predicted octanol–water partition coefficient (Wildman–Crippen LogP) is 4.22. The second kappa shape index (κ2) is 10.9. The standard InChI is InChI=1S/C24H37FN2O4/c1-17(2)22-20-10-9-19(25)16-18(20)11-12-24(22,31-23(29)26(3)4)13-15-27(5)14-7-8-21(28)30-6/h9-10,16-17,22H,7-8,11-15H2,1-6H3/t22-,24-/m0/s1. The molecule has 0 fully saturated rings. The Hall–Kier alpha value is -2.15. The molecule has 7 heteroatoms. The maximum atomic E-state index is 13.9. The van der Waals surface area contributed by atoms with Gasteiger partial charge < -0.3 is 19.3 Å². The molecule has 174 valence electrons. The number of esters is 1. The molecule has 0 aliphatic heterocycles. The smallest absolute Gasteiger partial charge is 0.409 e. The number of rotatable bonds is 9. The molecule has 0 radical (unpaired) electrons. The van der Waals surface area contributed by atoms with Crippen LogP contribution in [0.25, 0.3) is 0 Å². The third kappa shape index (κ3) is 6.42. The zero-order valence-electron chi connectivity index (χ0n) is 19.7. The minimum atomic E-state index is -0.670. The second-order valence-corrected chi connectivity index (χ2v) is 9.12. The normalized spacial score (nSPS) is 20.5. The number of halogens is 1. The van der Waals surface area contributed by atoms with Crippen molar-refractivity contribution in [3.63, 3.8) is 0 Å². The van der Waals surface area contributed by atoms with Crippen molar-refractivity contribution in [3.05, 3.63) is 35.1 Å². The Morgan fingerprint density at radius 1 is 1.23 bits per heavy atom. The summed E-state index contributed by atoms with van der Waals surface area (Å²) in [7, 11) is 6.78. The SMILES string of the molecule is COC(=O)CCCN(C)CC[C@@]1(OC(=O)N(C)C)CCc2cc(F)ccc2[C@@H]1C(C)C. The fourth-order valence-electron chi connectivity index (χ4n) is 4.64. The number of fused-ring (bicyclic) bond motifs is 1. The average molecular weight is 437 g/mol. The van der Waals surface area contributed by atoms with Gasteiger partial charge in [-0.3, -0.25) is 4.79 Å². The van der Waals surface area contributed by atoms with Gasteiger partial charge in [0.1, 0.15) is 11.4 Å². The number of benzene rings is 1. The van der Waals surface area contributed by atoms with E-state index in [9.17, 15) is 14.0 Å². The van der Waals surface area contributed by atoms with Crippen LogP contribution in [0.4, 0.5) is 9.18 Å². The number of hydrogen-bond acceptors (Lipinski definition) is 5. The minimum Gasteiger partial charge on any atom is -0.469 e. The summed E-state index contributed by atoms with van der Waals surface area (Å²) in [6.07, 6.45) is 2.73. The van der Waals surface area contributed by atoms with Crippen LogP contribution < -0.4 is 0 Å². The molecule has 0 aromatic heterocycles. The molecule has 0 bridgehead atoms. The topological polar surface area (TPSA) is 59.1 Å². The van der Waals surface area contributed by atoms with E-state index in [2.05, 4.69) is 18.7 Å². The summed E-state index contributed by atoms with van der Waals surface area (Å²) < 4.78 is 24.8. The first kappa shape index (κ1) is 25.1. The van der Waals surface area contributed by atoms with Gasteiger partial charge in [0.2, 0.25) is 0 Å². The molecule has 1 amide bonds. The number of ether oxygens (including phenoxy) is 2. The molecule has 1 aromatic rings. The van der Waals surface area contributed by atoms with Crippen LogP contribution in [0.15, 0.2) is 18.2 Å². The van der Waals surface area contributed by atoms with E-state index in [1.54, 1.807) is 20.2 Å². The largest absolute Gasteiger partial charge is 0.469 e. The van der Waals surface area contributed by atoms with Crippen molar-refractivity contribution in [2.75, 3.05) is 41.3 Å². The molecule has 6 nitrogen and oxygen atoms in total. The van der Waals surface area contributed by atoms with Gasteiger partial charge in [0.25, 0.3) is 0 Å². The summed E-state index contributed by atoms with van der Waals surface area (Å²) in [5, 5.41) is 0. The molecule has 2 rings (SSSR count). The Bertz CT molecular complexity index is 768. The van der Waals surface area contributed by atoms with Crippen LogP contribution in [0.1, 0.15) is 56.6 Å². The summed E-state index contributed by atoms with van der Waals surface area (Å²) in [6, 6.07) is 4.96. The van der Waals surface area contributed by atoms with Crippen LogP contribution >= 0.6 is 0 Å². The summed E-state index contributed by atoms with van der Waals surface area (Å²) in [4.78, 5) is 27.6. The van der Waals surface area contributed by atoms with Gasteiger partial charge in [-0.25, -0.2) is 9.18 Å². The lowest BCUT2D eigenvalue weighted by atomic mass is 9.65. The van der Waals surface area contributed by atoms with Crippen LogP contribution in [0.5, 0.6) is 0 Å². The molecule has 2 atom stereocenters. The zero-order chi connectivity index (χ0) is 23.2. The van der Waals surface area contributed by atoms with Crippen molar-refractivity contribution >= 4 is 12.1 Å². The fraction of sp³-hybridized carbons (Fsp3) is 0.667. The average Bonchev–Trinajstić information content (AvgIpc) is 2.71. The van der Waals surface area contributed by atoms with E-state index < -0.39 is 5.60 Å². The highest BCUT2D eigenvalue weighted by Gasteiger charge is 2.48. The molecule has 0 N–H and O–H groups in total. The van der Waals surface area contributed by atoms with Crippen molar-refractivity contribution in [1.82, 2.24) is 9.80 Å². The van der Waals surface area contributed by atoms with Gasteiger partial charge in [-0.15, -0.1) is 0 Å². The van der Waals surface area contributed by atoms with Gasteiger partial charge in [0, 0.05) is 39.4 Å². The van der Waals surface area contributed by atoms with E-state index in [0.717, 1.165) is 24.2 Å². The fourth-order valence-corrected chi connectivity index (χ4v) is 4.64. The van der Waals surface area contributed by atoms with Crippen LogP contribution in [0.2, 0.25) is 0 Å².